The van der Waals surface area contributed by atoms with E-state index in [1.54, 1.807) is 0 Å². The van der Waals surface area contributed by atoms with Gasteiger partial charge in [-0.3, -0.25) is 4.68 Å². The molecule has 2 aromatic rings. The van der Waals surface area contributed by atoms with Gasteiger partial charge < -0.3 is 10.5 Å². The summed E-state index contributed by atoms with van der Waals surface area (Å²) in [5.41, 5.74) is 11.0. The van der Waals surface area contributed by atoms with Crippen LogP contribution in [0.15, 0.2) is 24.4 Å². The average molecular weight is 257 g/mol. The molecule has 1 aromatic heterocycles. The second kappa shape index (κ2) is 4.70. The highest BCUT2D eigenvalue weighted by Gasteiger charge is 2.24. The molecule has 1 heterocycles. The Balaban J connectivity index is 2.03. The third kappa shape index (κ3) is 2.12. The molecule has 19 heavy (non-hydrogen) atoms. The molecule has 0 saturated carbocycles. The number of benzene rings is 1. The SMILES string of the molecule is CCOc1ccc2c(c1)-c1c(cnn1C[C@H](C)N)C2. The maximum atomic E-state index is 5.89. The van der Waals surface area contributed by atoms with Crippen LogP contribution >= 0.6 is 0 Å². The molecular formula is C15H19N3O. The molecule has 2 N–H and O–H groups in total. The number of aromatic nitrogens is 2. The minimum Gasteiger partial charge on any atom is -0.494 e. The highest BCUT2D eigenvalue weighted by Crippen LogP contribution is 2.38. The number of nitrogens with zero attached hydrogens (tertiary/aromatic N) is 2. The first kappa shape index (κ1) is 12.2. The Hall–Kier alpha value is -1.81. The van der Waals surface area contributed by atoms with E-state index in [9.17, 15) is 0 Å². The van der Waals surface area contributed by atoms with Crippen LogP contribution in [0.2, 0.25) is 0 Å². The predicted molar refractivity (Wildman–Crippen MR) is 75.3 cm³/mol. The van der Waals surface area contributed by atoms with Crippen LogP contribution in [0, 0.1) is 0 Å². The fraction of sp³-hybridized carbons (Fsp3) is 0.400. The van der Waals surface area contributed by atoms with Gasteiger partial charge in [0.1, 0.15) is 5.75 Å². The summed E-state index contributed by atoms with van der Waals surface area (Å²) in [7, 11) is 0. The van der Waals surface area contributed by atoms with Crippen LogP contribution < -0.4 is 10.5 Å². The van der Waals surface area contributed by atoms with Crippen LogP contribution in [0.1, 0.15) is 25.0 Å². The van der Waals surface area contributed by atoms with Crippen molar-refractivity contribution in [2.24, 2.45) is 5.73 Å². The first-order valence-electron chi connectivity index (χ1n) is 6.75. The lowest BCUT2D eigenvalue weighted by atomic mass is 10.1. The Bertz CT molecular complexity index is 601. The van der Waals surface area contributed by atoms with Gasteiger partial charge in [-0.15, -0.1) is 0 Å². The van der Waals surface area contributed by atoms with E-state index in [-0.39, 0.29) is 6.04 Å². The molecule has 0 spiro atoms. The quantitative estimate of drug-likeness (QED) is 0.779. The normalized spacial score (nSPS) is 14.1. The maximum absolute atomic E-state index is 5.89. The Morgan fingerprint density at radius 1 is 1.42 bits per heavy atom. The Labute approximate surface area is 113 Å². The lowest BCUT2D eigenvalue weighted by molar-refractivity contribution is 0.340. The third-order valence-electron chi connectivity index (χ3n) is 3.40. The second-order valence-corrected chi connectivity index (χ2v) is 5.11. The summed E-state index contributed by atoms with van der Waals surface area (Å²) in [6.45, 7) is 5.43. The van der Waals surface area contributed by atoms with E-state index in [1.807, 2.05) is 30.8 Å². The topological polar surface area (TPSA) is 53.1 Å². The molecule has 0 aliphatic heterocycles. The molecule has 0 saturated heterocycles. The molecule has 1 aliphatic rings. The van der Waals surface area contributed by atoms with E-state index in [4.69, 9.17) is 10.5 Å². The van der Waals surface area contributed by atoms with E-state index in [2.05, 4.69) is 17.2 Å². The van der Waals surface area contributed by atoms with Crippen LogP contribution in [-0.2, 0) is 13.0 Å². The van der Waals surface area contributed by atoms with E-state index in [0.717, 1.165) is 18.7 Å². The van der Waals surface area contributed by atoms with Crippen LogP contribution in [0.25, 0.3) is 11.3 Å². The molecule has 1 aromatic carbocycles. The highest BCUT2D eigenvalue weighted by molar-refractivity contribution is 5.75. The molecule has 0 unspecified atom stereocenters. The molecule has 0 radical (unpaired) electrons. The number of ether oxygens (including phenoxy) is 1. The molecule has 4 nitrogen and oxygen atoms in total. The first-order chi connectivity index (χ1) is 9.19. The van der Waals surface area contributed by atoms with Gasteiger partial charge in [0, 0.05) is 23.6 Å². The lowest BCUT2D eigenvalue weighted by Gasteiger charge is -2.11. The molecule has 0 bridgehead atoms. The number of rotatable bonds is 4. The highest BCUT2D eigenvalue weighted by atomic mass is 16.5. The molecular weight excluding hydrogens is 238 g/mol. The van der Waals surface area contributed by atoms with Crippen molar-refractivity contribution in [3.8, 4) is 17.0 Å². The zero-order valence-electron chi connectivity index (χ0n) is 11.4. The fourth-order valence-corrected chi connectivity index (χ4v) is 2.67. The molecule has 100 valence electrons. The third-order valence-corrected chi connectivity index (χ3v) is 3.40. The fourth-order valence-electron chi connectivity index (χ4n) is 2.67. The van der Waals surface area contributed by atoms with Gasteiger partial charge in [-0.05, 0) is 31.5 Å². The standard InChI is InChI=1S/C15H19N3O/c1-3-19-13-5-4-11-6-12-8-17-18(9-10(2)16)15(12)14(11)7-13/h4-5,7-8,10H,3,6,9,16H2,1-2H3/t10-/m0/s1. The number of hydrogen-bond donors (Lipinski definition) is 1. The van der Waals surface area contributed by atoms with Crippen molar-refractivity contribution in [2.45, 2.75) is 32.9 Å². The summed E-state index contributed by atoms with van der Waals surface area (Å²) < 4.78 is 7.60. The Morgan fingerprint density at radius 3 is 3.00 bits per heavy atom. The summed E-state index contributed by atoms with van der Waals surface area (Å²) in [4.78, 5) is 0. The van der Waals surface area contributed by atoms with Crippen molar-refractivity contribution in [2.75, 3.05) is 6.61 Å². The van der Waals surface area contributed by atoms with Gasteiger partial charge in [-0.25, -0.2) is 0 Å². The average Bonchev–Trinajstić information content (AvgIpc) is 2.89. The van der Waals surface area contributed by atoms with E-state index < -0.39 is 0 Å². The monoisotopic (exact) mass is 257 g/mol. The van der Waals surface area contributed by atoms with E-state index in [0.29, 0.717) is 6.61 Å². The van der Waals surface area contributed by atoms with Gasteiger partial charge >= 0.3 is 0 Å². The lowest BCUT2D eigenvalue weighted by Crippen LogP contribution is -2.23. The number of fused-ring (bicyclic) bond motifs is 3. The number of hydrogen-bond acceptors (Lipinski definition) is 3. The summed E-state index contributed by atoms with van der Waals surface area (Å²) in [5, 5.41) is 4.45. The predicted octanol–water partition coefficient (Wildman–Crippen LogP) is 2.20. The van der Waals surface area contributed by atoms with Gasteiger partial charge in [-0.2, -0.15) is 5.10 Å². The Kier molecular flexibility index (Phi) is 3.03. The van der Waals surface area contributed by atoms with Crippen molar-refractivity contribution in [1.82, 2.24) is 9.78 Å². The van der Waals surface area contributed by atoms with Crippen molar-refractivity contribution in [3.05, 3.63) is 35.5 Å². The van der Waals surface area contributed by atoms with Crippen LogP contribution in [0.4, 0.5) is 0 Å². The molecule has 1 aliphatic carbocycles. The van der Waals surface area contributed by atoms with Gasteiger partial charge in [0.2, 0.25) is 0 Å². The molecule has 1 atom stereocenters. The molecule has 0 amide bonds. The Morgan fingerprint density at radius 2 is 2.26 bits per heavy atom. The minimum atomic E-state index is 0.100. The van der Waals surface area contributed by atoms with Gasteiger partial charge in [0.25, 0.3) is 0 Å². The van der Waals surface area contributed by atoms with Gasteiger partial charge in [0.05, 0.1) is 25.0 Å². The van der Waals surface area contributed by atoms with E-state index >= 15 is 0 Å². The molecule has 0 fully saturated rings. The van der Waals surface area contributed by atoms with Crippen LogP contribution in [0.5, 0.6) is 5.75 Å². The second-order valence-electron chi connectivity index (χ2n) is 5.11. The summed E-state index contributed by atoms with van der Waals surface area (Å²) >= 11 is 0. The summed E-state index contributed by atoms with van der Waals surface area (Å²) in [5.74, 6) is 0.919. The zero-order chi connectivity index (χ0) is 13.4. The molecule has 3 rings (SSSR count). The largest absolute Gasteiger partial charge is 0.494 e. The zero-order valence-corrected chi connectivity index (χ0v) is 11.4. The minimum absolute atomic E-state index is 0.100. The first-order valence-corrected chi connectivity index (χ1v) is 6.75. The smallest absolute Gasteiger partial charge is 0.119 e. The summed E-state index contributed by atoms with van der Waals surface area (Å²) in [6, 6.07) is 6.40. The van der Waals surface area contributed by atoms with Gasteiger partial charge in [0.15, 0.2) is 0 Å². The van der Waals surface area contributed by atoms with E-state index in [1.165, 1.54) is 22.4 Å². The van der Waals surface area contributed by atoms with Crippen molar-refractivity contribution in [3.63, 3.8) is 0 Å². The van der Waals surface area contributed by atoms with Gasteiger partial charge in [-0.1, -0.05) is 6.07 Å². The summed E-state index contributed by atoms with van der Waals surface area (Å²) in [6.07, 6.45) is 2.91. The van der Waals surface area contributed by atoms with Crippen molar-refractivity contribution in [1.29, 1.82) is 0 Å². The van der Waals surface area contributed by atoms with Crippen LogP contribution in [0.3, 0.4) is 0 Å². The van der Waals surface area contributed by atoms with Crippen molar-refractivity contribution < 1.29 is 4.74 Å². The maximum Gasteiger partial charge on any atom is 0.119 e. The van der Waals surface area contributed by atoms with Crippen molar-refractivity contribution >= 4 is 0 Å². The molecule has 4 heteroatoms. The number of nitrogens with two attached hydrogens (primary N) is 1. The van der Waals surface area contributed by atoms with Crippen LogP contribution in [-0.4, -0.2) is 22.4 Å².